The Morgan fingerprint density at radius 3 is 2.33 bits per heavy atom. The first kappa shape index (κ1) is 26.1. The van der Waals surface area contributed by atoms with Crippen LogP contribution in [0.25, 0.3) is 10.9 Å². The maximum absolute atomic E-state index is 15.7. The van der Waals surface area contributed by atoms with Gasteiger partial charge >= 0.3 is 13.7 Å². The SMILES string of the molecule is O=C(O)c1cn2c3c(c(N4CCN(P(=O)(O)Oc5ccccc5)CC4)c(F)cc3c1=O)OCC2c1ccccc1. The lowest BCUT2D eigenvalue weighted by atomic mass is 10.0. The van der Waals surface area contributed by atoms with Gasteiger partial charge in [0.1, 0.15) is 23.6 Å². The summed E-state index contributed by atoms with van der Waals surface area (Å²) in [4.78, 5) is 37.3. The summed E-state index contributed by atoms with van der Waals surface area (Å²) in [6.45, 7) is 0.660. The van der Waals surface area contributed by atoms with E-state index in [1.165, 1.54) is 10.9 Å². The van der Waals surface area contributed by atoms with Crippen LogP contribution in [-0.2, 0) is 4.57 Å². The molecule has 0 spiro atoms. The minimum atomic E-state index is -4.16. The van der Waals surface area contributed by atoms with E-state index in [1.54, 1.807) is 39.8 Å². The number of carbonyl (C=O) groups is 1. The zero-order valence-corrected chi connectivity index (χ0v) is 22.0. The molecule has 40 heavy (non-hydrogen) atoms. The number of halogens is 1. The molecule has 10 nitrogen and oxygen atoms in total. The summed E-state index contributed by atoms with van der Waals surface area (Å²) >= 11 is 0. The molecule has 2 aliphatic rings. The average molecular weight is 565 g/mol. The van der Waals surface area contributed by atoms with Gasteiger partial charge in [0.2, 0.25) is 5.43 Å². The molecule has 2 atom stereocenters. The van der Waals surface area contributed by atoms with Crippen molar-refractivity contribution in [3.05, 3.63) is 100 Å². The lowest BCUT2D eigenvalue weighted by molar-refractivity contribution is 0.0694. The molecule has 0 bridgehead atoms. The highest BCUT2D eigenvalue weighted by atomic mass is 31.2. The summed E-state index contributed by atoms with van der Waals surface area (Å²) in [6.07, 6.45) is 1.29. The number of aromatic nitrogens is 1. The zero-order valence-electron chi connectivity index (χ0n) is 21.1. The number of anilines is 1. The maximum Gasteiger partial charge on any atom is 0.458 e. The monoisotopic (exact) mass is 565 g/mol. The maximum atomic E-state index is 15.7. The molecular weight excluding hydrogens is 540 g/mol. The summed E-state index contributed by atoms with van der Waals surface area (Å²) in [6, 6.07) is 18.2. The molecule has 12 heteroatoms. The van der Waals surface area contributed by atoms with Crippen LogP contribution in [0.5, 0.6) is 11.5 Å². The van der Waals surface area contributed by atoms with E-state index in [9.17, 15) is 24.2 Å². The van der Waals surface area contributed by atoms with Crippen molar-refractivity contribution in [2.24, 2.45) is 0 Å². The third-order valence-electron chi connectivity index (χ3n) is 7.23. The molecule has 0 saturated carbocycles. The van der Waals surface area contributed by atoms with Gasteiger partial charge in [0.25, 0.3) is 0 Å². The molecule has 1 aromatic heterocycles. The van der Waals surface area contributed by atoms with Crippen molar-refractivity contribution in [2.75, 3.05) is 37.7 Å². The van der Waals surface area contributed by atoms with Crippen molar-refractivity contribution in [3.63, 3.8) is 0 Å². The van der Waals surface area contributed by atoms with Gasteiger partial charge in [0.15, 0.2) is 11.6 Å². The van der Waals surface area contributed by atoms with Crippen LogP contribution >= 0.6 is 7.75 Å². The van der Waals surface area contributed by atoms with Gasteiger partial charge in [-0.25, -0.2) is 13.8 Å². The van der Waals surface area contributed by atoms with E-state index < -0.39 is 36.6 Å². The molecule has 0 amide bonds. The Labute approximate surface area is 228 Å². The van der Waals surface area contributed by atoms with Crippen molar-refractivity contribution in [1.29, 1.82) is 0 Å². The molecule has 1 saturated heterocycles. The summed E-state index contributed by atoms with van der Waals surface area (Å²) in [7, 11) is -4.16. The topological polar surface area (TPSA) is 122 Å². The number of nitrogens with zero attached hydrogens (tertiary/aromatic N) is 3. The van der Waals surface area contributed by atoms with E-state index in [4.69, 9.17) is 9.26 Å². The van der Waals surface area contributed by atoms with Crippen molar-refractivity contribution in [2.45, 2.75) is 6.04 Å². The molecule has 4 aromatic rings. The Hall–Kier alpha value is -4.18. The highest BCUT2D eigenvalue weighted by Crippen LogP contribution is 2.48. The number of hydrogen-bond acceptors (Lipinski definition) is 6. The van der Waals surface area contributed by atoms with Crippen molar-refractivity contribution in [1.82, 2.24) is 9.24 Å². The molecule has 6 rings (SSSR count). The van der Waals surface area contributed by atoms with E-state index >= 15 is 4.39 Å². The van der Waals surface area contributed by atoms with E-state index in [-0.39, 0.29) is 55.4 Å². The fourth-order valence-corrected chi connectivity index (χ4v) is 6.49. The van der Waals surface area contributed by atoms with Gasteiger partial charge in [-0.15, -0.1) is 0 Å². The number of aromatic carboxylic acids is 1. The average Bonchev–Trinajstić information content (AvgIpc) is 2.95. The van der Waals surface area contributed by atoms with Gasteiger partial charge in [-0.05, 0) is 23.8 Å². The first-order valence-corrected chi connectivity index (χ1v) is 14.2. The smallest absolute Gasteiger partial charge is 0.458 e. The molecule has 2 aliphatic heterocycles. The first-order chi connectivity index (χ1) is 19.2. The van der Waals surface area contributed by atoms with Crippen LogP contribution in [0.15, 0.2) is 77.7 Å². The van der Waals surface area contributed by atoms with Crippen molar-refractivity contribution < 1.29 is 33.0 Å². The van der Waals surface area contributed by atoms with Crippen LogP contribution in [0.2, 0.25) is 0 Å². The van der Waals surface area contributed by atoms with Gasteiger partial charge in [0.05, 0.1) is 16.9 Å². The molecule has 2 N–H and O–H groups in total. The molecule has 0 aliphatic carbocycles. The number of carboxylic acid groups (broad SMARTS) is 1. The number of pyridine rings is 1. The van der Waals surface area contributed by atoms with Crippen LogP contribution < -0.4 is 19.6 Å². The first-order valence-electron chi connectivity index (χ1n) is 12.6. The molecule has 3 heterocycles. The standard InChI is InChI=1S/C28H25FN3O7P/c29-22-15-20-24-27(25(22)30-11-13-31(14-12-30)40(36,37)39-19-9-5-2-6-10-19)38-17-23(18-7-3-1-4-8-18)32(24)16-21(26(20)33)28(34)35/h1-10,15-16,23H,11-14,17H2,(H,34,35)(H,36,37). The predicted octanol–water partition coefficient (Wildman–Crippen LogP) is 4.12. The highest BCUT2D eigenvalue weighted by molar-refractivity contribution is 7.50. The molecule has 1 fully saturated rings. The molecule has 206 valence electrons. The number of rotatable bonds is 6. The largest absolute Gasteiger partial charge is 0.487 e. The van der Waals surface area contributed by atoms with Gasteiger partial charge in [-0.2, -0.15) is 4.67 Å². The Morgan fingerprint density at radius 2 is 1.68 bits per heavy atom. The van der Waals surface area contributed by atoms with Gasteiger partial charge in [0, 0.05) is 32.4 Å². The number of ether oxygens (including phenoxy) is 1. The Morgan fingerprint density at radius 1 is 1.02 bits per heavy atom. The van der Waals surface area contributed by atoms with Crippen LogP contribution in [-0.4, -0.2) is 58.0 Å². The fraction of sp³-hybridized carbons (Fsp3) is 0.214. The van der Waals surface area contributed by atoms with E-state index in [1.807, 2.05) is 30.3 Å². The minimum Gasteiger partial charge on any atom is -0.487 e. The third kappa shape index (κ3) is 4.52. The molecule has 2 unspecified atom stereocenters. The fourth-order valence-electron chi connectivity index (χ4n) is 5.30. The minimum absolute atomic E-state index is 0.0845. The van der Waals surface area contributed by atoms with Gasteiger partial charge in [-0.1, -0.05) is 48.5 Å². The van der Waals surface area contributed by atoms with Crippen LogP contribution in [0.3, 0.4) is 0 Å². The van der Waals surface area contributed by atoms with E-state index in [0.717, 1.165) is 11.6 Å². The second-order valence-corrected chi connectivity index (χ2v) is 11.3. The van der Waals surface area contributed by atoms with Crippen molar-refractivity contribution >= 4 is 30.3 Å². The number of piperazine rings is 1. The van der Waals surface area contributed by atoms with Crippen molar-refractivity contribution in [3.8, 4) is 11.5 Å². The summed E-state index contributed by atoms with van der Waals surface area (Å²) in [5.74, 6) is -1.74. The Kier molecular flexibility index (Phi) is 6.58. The summed E-state index contributed by atoms with van der Waals surface area (Å²) in [5.41, 5.74) is -0.00197. The van der Waals surface area contributed by atoms with E-state index in [2.05, 4.69) is 0 Å². The van der Waals surface area contributed by atoms with Crippen LogP contribution in [0.1, 0.15) is 22.0 Å². The quantitative estimate of drug-likeness (QED) is 0.333. The third-order valence-corrected chi connectivity index (χ3v) is 8.80. The second-order valence-electron chi connectivity index (χ2n) is 9.59. The highest BCUT2D eigenvalue weighted by Gasteiger charge is 2.37. The van der Waals surface area contributed by atoms with Gasteiger partial charge < -0.3 is 28.7 Å². The molecule has 3 aromatic carbocycles. The zero-order chi connectivity index (χ0) is 28.0. The number of para-hydroxylation sites is 1. The van der Waals surface area contributed by atoms with Crippen LogP contribution in [0, 0.1) is 5.82 Å². The lowest BCUT2D eigenvalue weighted by Gasteiger charge is -2.39. The summed E-state index contributed by atoms with van der Waals surface area (Å²) < 4.78 is 43.1. The Balaban J connectivity index is 1.38. The normalized spacial score (nSPS) is 18.6. The number of carboxylic acids is 1. The molecular formula is C28H25FN3O7P. The summed E-state index contributed by atoms with van der Waals surface area (Å²) in [5, 5.41) is 9.60. The van der Waals surface area contributed by atoms with Crippen LogP contribution in [0.4, 0.5) is 10.1 Å². The lowest BCUT2D eigenvalue weighted by Crippen LogP contribution is -2.46. The van der Waals surface area contributed by atoms with E-state index in [0.29, 0.717) is 5.52 Å². The number of benzene rings is 3. The number of hydrogen-bond donors (Lipinski definition) is 2. The second kappa shape index (κ2) is 10.1. The van der Waals surface area contributed by atoms with Gasteiger partial charge in [-0.3, -0.25) is 4.79 Å². The predicted molar refractivity (Wildman–Crippen MR) is 146 cm³/mol. The molecule has 0 radical (unpaired) electrons. The Bertz CT molecular complexity index is 1710.